The Morgan fingerprint density at radius 1 is 0.696 bits per heavy atom. The van der Waals surface area contributed by atoms with Crippen molar-refractivity contribution in [2.24, 2.45) is 0 Å². The summed E-state index contributed by atoms with van der Waals surface area (Å²) in [6.07, 6.45) is 24.7. The summed E-state index contributed by atoms with van der Waals surface area (Å²) in [6, 6.07) is 0. The third kappa shape index (κ3) is 18.9. The largest absolute Gasteiger partial charge is 0.466 e. The number of esters is 1. The van der Waals surface area contributed by atoms with Crippen LogP contribution in [0.4, 0.5) is 0 Å². The van der Waals surface area contributed by atoms with E-state index in [1.165, 1.54) is 57.8 Å². The molecule has 0 aromatic heterocycles. The van der Waals surface area contributed by atoms with Gasteiger partial charge >= 0.3 is 5.97 Å². The molecule has 0 N–H and O–H groups in total. The van der Waals surface area contributed by atoms with E-state index in [0.29, 0.717) is 13.0 Å². The molecule has 0 rings (SSSR count). The van der Waals surface area contributed by atoms with Crippen LogP contribution in [0.5, 0.6) is 0 Å². The highest BCUT2D eigenvalue weighted by atomic mass is 16.5. The smallest absolute Gasteiger partial charge is 0.306 e. The zero-order valence-electron chi connectivity index (χ0n) is 15.5. The van der Waals surface area contributed by atoms with Gasteiger partial charge in [0.1, 0.15) is 0 Å². The first-order valence-electron chi connectivity index (χ1n) is 9.76. The number of hydrogen-bond donors (Lipinski definition) is 0. The third-order valence-electron chi connectivity index (χ3n) is 3.88. The summed E-state index contributed by atoms with van der Waals surface area (Å²) in [5.41, 5.74) is 0. The first-order valence-corrected chi connectivity index (χ1v) is 9.76. The minimum atomic E-state index is -0.0950. The maximum absolute atomic E-state index is 11.1. The maximum atomic E-state index is 11.1. The number of rotatable bonds is 16. The Bertz CT molecular complexity index is 305. The summed E-state index contributed by atoms with van der Waals surface area (Å²) in [4.78, 5) is 11.1. The van der Waals surface area contributed by atoms with Crippen LogP contribution >= 0.6 is 0 Å². The topological polar surface area (TPSA) is 26.3 Å². The summed E-state index contributed by atoms with van der Waals surface area (Å²) in [5.74, 6) is -0.0950. The van der Waals surface area contributed by atoms with Gasteiger partial charge in [-0.3, -0.25) is 4.79 Å². The van der Waals surface area contributed by atoms with E-state index in [0.717, 1.165) is 19.3 Å². The van der Waals surface area contributed by atoms with Crippen molar-refractivity contribution in [1.29, 1.82) is 0 Å². The van der Waals surface area contributed by atoms with Gasteiger partial charge in [-0.15, -0.1) is 0 Å². The number of carbonyl (C=O) groups is 1. The quantitative estimate of drug-likeness (QED) is 0.178. The van der Waals surface area contributed by atoms with Crippen LogP contribution in [0.25, 0.3) is 0 Å². The van der Waals surface area contributed by atoms with E-state index >= 15 is 0 Å². The molecular formula is C21H38O2. The van der Waals surface area contributed by atoms with Gasteiger partial charge in [-0.1, -0.05) is 76.2 Å². The van der Waals surface area contributed by atoms with Crippen LogP contribution in [0.3, 0.4) is 0 Å². The minimum Gasteiger partial charge on any atom is -0.466 e. The van der Waals surface area contributed by atoms with Crippen molar-refractivity contribution in [3.05, 3.63) is 24.3 Å². The lowest BCUT2D eigenvalue weighted by Crippen LogP contribution is -2.02. The molecule has 0 saturated carbocycles. The second kappa shape index (κ2) is 19.0. The molecule has 0 aliphatic carbocycles. The first-order chi connectivity index (χ1) is 11.3. The van der Waals surface area contributed by atoms with Crippen molar-refractivity contribution in [3.8, 4) is 0 Å². The highest BCUT2D eigenvalue weighted by Crippen LogP contribution is 2.10. The van der Waals surface area contributed by atoms with Gasteiger partial charge in [0.2, 0.25) is 0 Å². The van der Waals surface area contributed by atoms with E-state index in [9.17, 15) is 4.79 Å². The molecule has 0 fully saturated rings. The molecule has 0 heterocycles. The van der Waals surface area contributed by atoms with Crippen molar-refractivity contribution in [3.63, 3.8) is 0 Å². The molecule has 0 radical (unpaired) electrons. The normalized spacial score (nSPS) is 11.6. The molecule has 0 aliphatic rings. The van der Waals surface area contributed by atoms with Crippen molar-refractivity contribution >= 4 is 5.97 Å². The molecule has 0 aliphatic heterocycles. The van der Waals surface area contributed by atoms with Gasteiger partial charge in [0.15, 0.2) is 0 Å². The fraction of sp³-hybridized carbons (Fsp3) is 0.762. The molecule has 2 nitrogen and oxygen atoms in total. The zero-order valence-corrected chi connectivity index (χ0v) is 15.5. The second-order valence-corrected chi connectivity index (χ2v) is 6.13. The van der Waals surface area contributed by atoms with E-state index in [1.54, 1.807) is 0 Å². The molecule has 134 valence electrons. The van der Waals surface area contributed by atoms with E-state index in [-0.39, 0.29) is 5.97 Å². The van der Waals surface area contributed by atoms with E-state index < -0.39 is 0 Å². The van der Waals surface area contributed by atoms with Crippen LogP contribution in [0.15, 0.2) is 24.3 Å². The monoisotopic (exact) mass is 322 g/mol. The lowest BCUT2D eigenvalue weighted by molar-refractivity contribution is -0.142. The molecule has 0 saturated heterocycles. The molecular weight excluding hydrogens is 284 g/mol. The molecule has 0 spiro atoms. The second-order valence-electron chi connectivity index (χ2n) is 6.13. The number of allylic oxidation sites excluding steroid dienone is 4. The fourth-order valence-corrected chi connectivity index (χ4v) is 2.49. The highest BCUT2D eigenvalue weighted by Gasteiger charge is 1.97. The van der Waals surface area contributed by atoms with Crippen molar-refractivity contribution in [1.82, 2.24) is 0 Å². The van der Waals surface area contributed by atoms with Gasteiger partial charge in [0.05, 0.1) is 6.61 Å². The van der Waals surface area contributed by atoms with Crippen LogP contribution in [0, 0.1) is 0 Å². The zero-order chi connectivity index (χ0) is 17.0. The fourth-order valence-electron chi connectivity index (χ4n) is 2.49. The Hall–Kier alpha value is -1.05. The average molecular weight is 323 g/mol. The Morgan fingerprint density at radius 3 is 1.83 bits per heavy atom. The van der Waals surface area contributed by atoms with Gasteiger partial charge in [0.25, 0.3) is 0 Å². The van der Waals surface area contributed by atoms with Gasteiger partial charge < -0.3 is 4.74 Å². The number of carbonyl (C=O) groups excluding carboxylic acids is 1. The lowest BCUT2D eigenvalue weighted by atomic mass is 10.1. The van der Waals surface area contributed by atoms with Crippen molar-refractivity contribution in [2.75, 3.05) is 6.61 Å². The standard InChI is InChI=1S/C21H38O2/c1-3-5-6-7-8-9-10-11-12-13-14-15-16-17-18-19-20-21(22)23-4-2/h13-14,17-18H,3-12,15-16,19-20H2,1-2H3. The van der Waals surface area contributed by atoms with E-state index in [4.69, 9.17) is 4.74 Å². The summed E-state index contributed by atoms with van der Waals surface area (Å²) in [6.45, 7) is 4.59. The minimum absolute atomic E-state index is 0.0950. The molecule has 0 atom stereocenters. The summed E-state index contributed by atoms with van der Waals surface area (Å²) < 4.78 is 4.88. The molecule has 0 bridgehead atoms. The third-order valence-corrected chi connectivity index (χ3v) is 3.88. The van der Waals surface area contributed by atoms with Crippen LogP contribution in [-0.4, -0.2) is 12.6 Å². The van der Waals surface area contributed by atoms with Crippen LogP contribution < -0.4 is 0 Å². The summed E-state index contributed by atoms with van der Waals surface area (Å²) in [7, 11) is 0. The average Bonchev–Trinajstić information content (AvgIpc) is 2.54. The van der Waals surface area contributed by atoms with Crippen molar-refractivity contribution in [2.45, 2.75) is 97.3 Å². The van der Waals surface area contributed by atoms with Gasteiger partial charge in [-0.2, -0.15) is 0 Å². The predicted octanol–water partition coefficient (Wildman–Crippen LogP) is 6.75. The van der Waals surface area contributed by atoms with Crippen LogP contribution in [0.1, 0.15) is 97.3 Å². The van der Waals surface area contributed by atoms with Gasteiger partial charge in [-0.25, -0.2) is 0 Å². The molecule has 0 amide bonds. The molecule has 23 heavy (non-hydrogen) atoms. The van der Waals surface area contributed by atoms with Gasteiger partial charge in [-0.05, 0) is 39.0 Å². The number of ether oxygens (including phenoxy) is 1. The number of unbranched alkanes of at least 4 members (excludes halogenated alkanes) is 9. The van der Waals surface area contributed by atoms with E-state index in [2.05, 4.69) is 31.2 Å². The van der Waals surface area contributed by atoms with Crippen molar-refractivity contribution < 1.29 is 9.53 Å². The Kier molecular flexibility index (Phi) is 18.1. The Morgan fingerprint density at radius 2 is 1.22 bits per heavy atom. The summed E-state index contributed by atoms with van der Waals surface area (Å²) in [5, 5.41) is 0. The summed E-state index contributed by atoms with van der Waals surface area (Å²) >= 11 is 0. The molecule has 0 unspecified atom stereocenters. The molecule has 0 aromatic rings. The highest BCUT2D eigenvalue weighted by molar-refractivity contribution is 5.69. The van der Waals surface area contributed by atoms with Crippen LogP contribution in [0.2, 0.25) is 0 Å². The number of hydrogen-bond acceptors (Lipinski definition) is 2. The lowest BCUT2D eigenvalue weighted by Gasteiger charge is -1.99. The molecule has 2 heteroatoms. The first kappa shape index (κ1) is 21.9. The van der Waals surface area contributed by atoms with Gasteiger partial charge in [0, 0.05) is 6.42 Å². The predicted molar refractivity (Wildman–Crippen MR) is 101 cm³/mol. The van der Waals surface area contributed by atoms with E-state index in [1.807, 2.05) is 6.92 Å². The SMILES string of the molecule is CCCCCCCCCCC=CCCC=CCCC(=O)OCC. The molecule has 0 aromatic carbocycles. The Balaban J connectivity index is 3.23. The maximum Gasteiger partial charge on any atom is 0.306 e. The Labute approximate surface area is 144 Å². The van der Waals surface area contributed by atoms with Crippen LogP contribution in [-0.2, 0) is 9.53 Å².